The molecule has 3 aromatic rings. The van der Waals surface area contributed by atoms with Crippen molar-refractivity contribution in [2.24, 2.45) is 0 Å². The highest BCUT2D eigenvalue weighted by atomic mass is 35.5. The van der Waals surface area contributed by atoms with Crippen LogP contribution in [0, 0.1) is 0 Å². The molecule has 0 aliphatic carbocycles. The number of fused-ring (bicyclic) bond motifs is 1. The number of thioether (sulfide) groups is 1. The lowest BCUT2D eigenvalue weighted by atomic mass is 10.2. The van der Waals surface area contributed by atoms with Crippen LogP contribution in [-0.4, -0.2) is 21.3 Å². The van der Waals surface area contributed by atoms with Crippen LogP contribution in [0.3, 0.4) is 0 Å². The summed E-state index contributed by atoms with van der Waals surface area (Å²) in [5, 5.41) is 3.86. The maximum Gasteiger partial charge on any atom is 0.280 e. The average molecular weight is 361 g/mol. The quantitative estimate of drug-likeness (QED) is 0.424. The number of nitrogens with two attached hydrogens (primary N) is 1. The average Bonchev–Trinajstić information content (AvgIpc) is 2.59. The third-order valence-electron chi connectivity index (χ3n) is 3.26. The number of nitrogens with zero attached hydrogens (tertiary/aromatic N) is 2. The first kappa shape index (κ1) is 16.4. The van der Waals surface area contributed by atoms with Gasteiger partial charge in [-0.05, 0) is 24.3 Å². The third-order valence-corrected chi connectivity index (χ3v) is 4.54. The van der Waals surface area contributed by atoms with Crippen LogP contribution in [0.15, 0.2) is 58.5 Å². The molecule has 0 atom stereocenters. The van der Waals surface area contributed by atoms with Crippen LogP contribution in [0.4, 0.5) is 5.69 Å². The van der Waals surface area contributed by atoms with Crippen LogP contribution in [0.1, 0.15) is 0 Å². The summed E-state index contributed by atoms with van der Waals surface area (Å²) in [5.41, 5.74) is 0.717. The van der Waals surface area contributed by atoms with Crippen molar-refractivity contribution in [3.8, 4) is 0 Å². The predicted octanol–water partition coefficient (Wildman–Crippen LogP) is 2.49. The Morgan fingerprint density at radius 1 is 1.21 bits per heavy atom. The molecular formula is C16H13ClN4O2S. The Bertz CT molecular complexity index is 974. The van der Waals surface area contributed by atoms with Crippen LogP contribution < -0.4 is 16.7 Å². The summed E-state index contributed by atoms with van der Waals surface area (Å²) in [6, 6.07) is 13.9. The topological polar surface area (TPSA) is 90.0 Å². The molecule has 3 N–H and O–H groups in total. The summed E-state index contributed by atoms with van der Waals surface area (Å²) < 4.78 is 0.954. The number of para-hydroxylation sites is 2. The zero-order valence-corrected chi connectivity index (χ0v) is 14.0. The van der Waals surface area contributed by atoms with E-state index in [-0.39, 0.29) is 22.4 Å². The van der Waals surface area contributed by atoms with Crippen molar-refractivity contribution in [2.75, 3.05) is 16.9 Å². The van der Waals surface area contributed by atoms with Crippen molar-refractivity contribution in [3.63, 3.8) is 0 Å². The number of aromatic nitrogens is 2. The number of nitrogens with one attached hydrogen (secondary N) is 1. The molecule has 8 heteroatoms. The number of benzene rings is 2. The molecule has 0 aliphatic rings. The highest BCUT2D eigenvalue weighted by molar-refractivity contribution is 7.99. The van der Waals surface area contributed by atoms with E-state index in [1.165, 1.54) is 0 Å². The Morgan fingerprint density at radius 3 is 2.71 bits per heavy atom. The minimum Gasteiger partial charge on any atom is -0.334 e. The van der Waals surface area contributed by atoms with Gasteiger partial charge in [-0.3, -0.25) is 9.59 Å². The van der Waals surface area contributed by atoms with Crippen molar-refractivity contribution < 1.29 is 4.79 Å². The van der Waals surface area contributed by atoms with E-state index >= 15 is 0 Å². The summed E-state index contributed by atoms with van der Waals surface area (Å²) in [4.78, 5) is 28.6. The second kappa shape index (κ2) is 6.94. The Kier molecular flexibility index (Phi) is 4.73. The summed E-state index contributed by atoms with van der Waals surface area (Å²) in [5.74, 6) is 5.56. The molecule has 1 aromatic heterocycles. The molecule has 0 fully saturated rings. The number of nitrogen functional groups attached to an aromatic ring is 1. The normalized spacial score (nSPS) is 10.7. The third kappa shape index (κ3) is 3.37. The van der Waals surface area contributed by atoms with Gasteiger partial charge in [0.25, 0.3) is 5.56 Å². The monoisotopic (exact) mass is 360 g/mol. The molecule has 0 saturated heterocycles. The molecule has 3 rings (SSSR count). The molecule has 0 aliphatic heterocycles. The molecule has 6 nitrogen and oxygen atoms in total. The van der Waals surface area contributed by atoms with Crippen molar-refractivity contribution in [3.05, 3.63) is 63.9 Å². The molecule has 122 valence electrons. The molecule has 0 unspecified atom stereocenters. The lowest BCUT2D eigenvalue weighted by Crippen LogP contribution is -2.30. The van der Waals surface area contributed by atoms with Gasteiger partial charge in [-0.15, -0.1) is 0 Å². The van der Waals surface area contributed by atoms with Crippen LogP contribution in [-0.2, 0) is 4.79 Å². The molecule has 0 spiro atoms. The molecule has 0 bridgehead atoms. The van der Waals surface area contributed by atoms with E-state index < -0.39 is 0 Å². The van der Waals surface area contributed by atoms with Gasteiger partial charge in [0.15, 0.2) is 5.16 Å². The minimum absolute atomic E-state index is 0.0488. The standard InChI is InChI=1S/C16H13ClN4O2S/c17-11-6-2-4-8-13(11)19-14(22)9-24-16-20-12-7-3-1-5-10(12)15(23)21(16)18/h1-8H,9,18H2,(H,19,22). The number of carbonyl (C=O) groups is 1. The van der Waals surface area contributed by atoms with Gasteiger partial charge in [0.05, 0.1) is 27.4 Å². The fraction of sp³-hybridized carbons (Fsp3) is 0.0625. The van der Waals surface area contributed by atoms with Crippen molar-refractivity contribution in [2.45, 2.75) is 5.16 Å². The lowest BCUT2D eigenvalue weighted by molar-refractivity contribution is -0.113. The zero-order valence-electron chi connectivity index (χ0n) is 12.4. The van der Waals surface area contributed by atoms with Crippen molar-refractivity contribution >= 4 is 45.9 Å². The first-order valence-electron chi connectivity index (χ1n) is 7.00. The van der Waals surface area contributed by atoms with Gasteiger partial charge in [-0.25, -0.2) is 9.66 Å². The molecule has 24 heavy (non-hydrogen) atoms. The molecule has 2 aromatic carbocycles. The van der Waals surface area contributed by atoms with E-state index in [1.54, 1.807) is 48.5 Å². The summed E-state index contributed by atoms with van der Waals surface area (Å²) in [6.07, 6.45) is 0. The summed E-state index contributed by atoms with van der Waals surface area (Å²) >= 11 is 7.08. The number of hydrogen-bond donors (Lipinski definition) is 2. The van der Waals surface area contributed by atoms with Crippen molar-refractivity contribution in [1.82, 2.24) is 9.66 Å². The van der Waals surface area contributed by atoms with E-state index in [9.17, 15) is 9.59 Å². The maximum atomic E-state index is 12.2. The van der Waals surface area contributed by atoms with E-state index in [0.717, 1.165) is 16.4 Å². The van der Waals surface area contributed by atoms with E-state index in [1.807, 2.05) is 0 Å². The largest absolute Gasteiger partial charge is 0.334 e. The number of rotatable bonds is 4. The van der Waals surface area contributed by atoms with Crippen molar-refractivity contribution in [1.29, 1.82) is 0 Å². The second-order valence-electron chi connectivity index (χ2n) is 4.90. The number of carbonyl (C=O) groups excluding carboxylic acids is 1. The van der Waals surface area contributed by atoms with Gasteiger partial charge < -0.3 is 11.2 Å². The van der Waals surface area contributed by atoms with Crippen LogP contribution in [0.25, 0.3) is 10.9 Å². The highest BCUT2D eigenvalue weighted by Gasteiger charge is 2.12. The number of halogens is 1. The first-order valence-corrected chi connectivity index (χ1v) is 8.36. The Morgan fingerprint density at radius 2 is 1.92 bits per heavy atom. The van der Waals surface area contributed by atoms with Gasteiger partial charge in [0.1, 0.15) is 0 Å². The van der Waals surface area contributed by atoms with Gasteiger partial charge >= 0.3 is 0 Å². The number of hydrogen-bond acceptors (Lipinski definition) is 5. The highest BCUT2D eigenvalue weighted by Crippen LogP contribution is 2.21. The van der Waals surface area contributed by atoms with E-state index in [0.29, 0.717) is 21.6 Å². The molecule has 0 radical (unpaired) electrons. The Balaban J connectivity index is 1.76. The smallest absolute Gasteiger partial charge is 0.280 e. The van der Waals surface area contributed by atoms with Crippen LogP contribution >= 0.6 is 23.4 Å². The zero-order chi connectivity index (χ0) is 17.1. The lowest BCUT2D eigenvalue weighted by Gasteiger charge is -2.09. The number of amides is 1. The molecule has 1 amide bonds. The van der Waals surface area contributed by atoms with E-state index in [4.69, 9.17) is 17.4 Å². The Hall–Kier alpha value is -2.51. The predicted molar refractivity (Wildman–Crippen MR) is 97.0 cm³/mol. The SMILES string of the molecule is Nn1c(SCC(=O)Nc2ccccc2Cl)nc2ccccc2c1=O. The molecular weight excluding hydrogens is 348 g/mol. The fourth-order valence-corrected chi connectivity index (χ4v) is 3.01. The maximum absolute atomic E-state index is 12.2. The number of anilines is 1. The fourth-order valence-electron chi connectivity index (χ4n) is 2.11. The second-order valence-corrected chi connectivity index (χ2v) is 6.25. The summed E-state index contributed by atoms with van der Waals surface area (Å²) in [6.45, 7) is 0. The molecule has 1 heterocycles. The van der Waals surface area contributed by atoms with Crippen LogP contribution in [0.5, 0.6) is 0 Å². The van der Waals surface area contributed by atoms with Gasteiger partial charge in [-0.2, -0.15) is 0 Å². The van der Waals surface area contributed by atoms with Gasteiger partial charge in [0.2, 0.25) is 5.91 Å². The minimum atomic E-state index is -0.352. The summed E-state index contributed by atoms with van der Waals surface area (Å²) in [7, 11) is 0. The van der Waals surface area contributed by atoms with Crippen LogP contribution in [0.2, 0.25) is 5.02 Å². The van der Waals surface area contributed by atoms with Gasteiger partial charge in [0, 0.05) is 0 Å². The van der Waals surface area contributed by atoms with E-state index in [2.05, 4.69) is 10.3 Å². The van der Waals surface area contributed by atoms with Gasteiger partial charge in [-0.1, -0.05) is 47.6 Å². The Labute approximate surface area is 146 Å². The first-order chi connectivity index (χ1) is 11.6. The molecule has 0 saturated carbocycles.